The molecular formula is C14H14N2OS2. The average molecular weight is 290 g/mol. The van der Waals surface area contributed by atoms with Gasteiger partial charge in [-0.05, 0) is 36.2 Å². The Labute approximate surface area is 121 Å². The highest BCUT2D eigenvalue weighted by atomic mass is 32.2. The molecule has 1 aromatic carbocycles. The Balaban J connectivity index is 1.90. The van der Waals surface area contributed by atoms with Gasteiger partial charge >= 0.3 is 0 Å². The maximum atomic E-state index is 8.65. The minimum absolute atomic E-state index is 0.114. The van der Waals surface area contributed by atoms with E-state index >= 15 is 0 Å². The van der Waals surface area contributed by atoms with Crippen LogP contribution >= 0.6 is 23.3 Å². The van der Waals surface area contributed by atoms with Crippen molar-refractivity contribution >= 4 is 23.3 Å². The standard InChI is InChI=1S/C14H14N2OS2/c1-11-15-14(19-16-11)18-10-13-7-5-12(6-8-13)4-2-3-9-17/h5-8,17H,3,9-10H2,1H3. The van der Waals surface area contributed by atoms with E-state index in [9.17, 15) is 0 Å². The molecule has 19 heavy (non-hydrogen) atoms. The number of aromatic nitrogens is 2. The monoisotopic (exact) mass is 290 g/mol. The summed E-state index contributed by atoms with van der Waals surface area (Å²) < 4.78 is 5.16. The Morgan fingerprint density at radius 1 is 1.32 bits per heavy atom. The van der Waals surface area contributed by atoms with Crippen molar-refractivity contribution in [2.24, 2.45) is 0 Å². The summed E-state index contributed by atoms with van der Waals surface area (Å²) in [4.78, 5) is 4.32. The Kier molecular flexibility index (Phi) is 5.40. The molecule has 0 amide bonds. The molecule has 0 radical (unpaired) electrons. The number of aliphatic hydroxyl groups is 1. The number of aliphatic hydroxyl groups excluding tert-OH is 1. The molecule has 0 bridgehead atoms. The predicted molar refractivity (Wildman–Crippen MR) is 79.2 cm³/mol. The Bertz CT molecular complexity index is 581. The molecule has 0 aliphatic rings. The van der Waals surface area contributed by atoms with E-state index in [-0.39, 0.29) is 6.61 Å². The predicted octanol–water partition coefficient (Wildman–Crippen LogP) is 2.87. The normalized spacial score (nSPS) is 10.0. The molecule has 2 aromatic rings. The maximum absolute atomic E-state index is 8.65. The van der Waals surface area contributed by atoms with Crippen LogP contribution in [0, 0.1) is 18.8 Å². The molecule has 1 heterocycles. The summed E-state index contributed by atoms with van der Waals surface area (Å²) in [6.45, 7) is 2.02. The fourth-order valence-corrected chi connectivity index (χ4v) is 2.99. The van der Waals surface area contributed by atoms with E-state index in [1.807, 2.05) is 19.1 Å². The molecule has 0 unspecified atom stereocenters. The van der Waals surface area contributed by atoms with Crippen LogP contribution in [0.25, 0.3) is 0 Å². The van der Waals surface area contributed by atoms with Crippen LogP contribution in [0.2, 0.25) is 0 Å². The van der Waals surface area contributed by atoms with Crippen molar-refractivity contribution in [3.63, 3.8) is 0 Å². The Morgan fingerprint density at radius 3 is 2.74 bits per heavy atom. The topological polar surface area (TPSA) is 46.0 Å². The SMILES string of the molecule is Cc1nsc(SCc2ccc(C#CCCO)cc2)n1. The van der Waals surface area contributed by atoms with Crippen molar-refractivity contribution in [1.82, 2.24) is 9.36 Å². The van der Waals surface area contributed by atoms with Gasteiger partial charge in [-0.25, -0.2) is 4.98 Å². The summed E-state index contributed by atoms with van der Waals surface area (Å²) in [6, 6.07) is 8.16. The zero-order valence-electron chi connectivity index (χ0n) is 10.6. The highest BCUT2D eigenvalue weighted by Crippen LogP contribution is 2.24. The van der Waals surface area contributed by atoms with E-state index < -0.39 is 0 Å². The van der Waals surface area contributed by atoms with Gasteiger partial charge in [-0.2, -0.15) is 4.37 Å². The van der Waals surface area contributed by atoms with E-state index in [2.05, 4.69) is 33.3 Å². The number of benzene rings is 1. The first kappa shape index (κ1) is 14.1. The summed E-state index contributed by atoms with van der Waals surface area (Å²) >= 11 is 3.14. The van der Waals surface area contributed by atoms with Crippen LogP contribution in [-0.4, -0.2) is 21.1 Å². The number of thioether (sulfide) groups is 1. The molecule has 1 aromatic heterocycles. The van der Waals surface area contributed by atoms with Gasteiger partial charge in [-0.3, -0.25) is 0 Å². The van der Waals surface area contributed by atoms with Crippen LogP contribution in [0.4, 0.5) is 0 Å². The van der Waals surface area contributed by atoms with Gasteiger partial charge in [0.15, 0.2) is 4.34 Å². The smallest absolute Gasteiger partial charge is 0.170 e. The second-order valence-corrected chi connectivity index (χ2v) is 5.84. The van der Waals surface area contributed by atoms with Gasteiger partial charge in [0.1, 0.15) is 5.82 Å². The van der Waals surface area contributed by atoms with Gasteiger partial charge in [0, 0.05) is 17.7 Å². The average Bonchev–Trinajstić information content (AvgIpc) is 2.84. The fourth-order valence-electron chi connectivity index (χ4n) is 1.39. The number of hydrogen-bond acceptors (Lipinski definition) is 5. The lowest BCUT2D eigenvalue weighted by molar-refractivity contribution is 0.305. The Morgan fingerprint density at radius 2 is 2.11 bits per heavy atom. The molecule has 3 nitrogen and oxygen atoms in total. The molecule has 2 rings (SSSR count). The summed E-state index contributed by atoms with van der Waals surface area (Å²) in [7, 11) is 0. The van der Waals surface area contributed by atoms with Gasteiger partial charge < -0.3 is 5.11 Å². The lowest BCUT2D eigenvalue weighted by atomic mass is 10.1. The van der Waals surface area contributed by atoms with Crippen molar-refractivity contribution < 1.29 is 5.11 Å². The minimum atomic E-state index is 0.114. The first-order chi connectivity index (χ1) is 9.28. The molecule has 0 saturated carbocycles. The van der Waals surface area contributed by atoms with Crippen LogP contribution in [0.15, 0.2) is 28.6 Å². The largest absolute Gasteiger partial charge is 0.395 e. The molecule has 0 fully saturated rings. The lowest BCUT2D eigenvalue weighted by Crippen LogP contribution is -1.82. The third-order valence-corrected chi connectivity index (χ3v) is 4.29. The van der Waals surface area contributed by atoms with E-state index in [0.29, 0.717) is 6.42 Å². The second-order valence-electron chi connectivity index (χ2n) is 3.87. The van der Waals surface area contributed by atoms with Crippen molar-refractivity contribution in [2.45, 2.75) is 23.4 Å². The van der Waals surface area contributed by atoms with Gasteiger partial charge in [0.25, 0.3) is 0 Å². The van der Waals surface area contributed by atoms with E-state index in [4.69, 9.17) is 5.11 Å². The highest BCUT2D eigenvalue weighted by molar-refractivity contribution is 8.00. The molecule has 98 valence electrons. The van der Waals surface area contributed by atoms with Crippen LogP contribution < -0.4 is 0 Å². The van der Waals surface area contributed by atoms with Crippen LogP contribution in [0.1, 0.15) is 23.4 Å². The van der Waals surface area contributed by atoms with Crippen LogP contribution in [0.3, 0.4) is 0 Å². The first-order valence-electron chi connectivity index (χ1n) is 5.90. The maximum Gasteiger partial charge on any atom is 0.170 e. The molecule has 0 spiro atoms. The third-order valence-electron chi connectivity index (χ3n) is 2.29. The van der Waals surface area contributed by atoms with Gasteiger partial charge in [0.05, 0.1) is 6.61 Å². The summed E-state index contributed by atoms with van der Waals surface area (Å²) in [5.41, 5.74) is 2.22. The quantitative estimate of drug-likeness (QED) is 0.695. The van der Waals surface area contributed by atoms with Gasteiger partial charge in [-0.15, -0.1) is 0 Å². The van der Waals surface area contributed by atoms with Gasteiger partial charge in [-0.1, -0.05) is 35.7 Å². The summed E-state index contributed by atoms with van der Waals surface area (Å²) in [6.07, 6.45) is 0.522. The van der Waals surface area contributed by atoms with E-state index in [1.165, 1.54) is 17.1 Å². The van der Waals surface area contributed by atoms with Gasteiger partial charge in [0.2, 0.25) is 0 Å². The minimum Gasteiger partial charge on any atom is -0.395 e. The van der Waals surface area contributed by atoms with E-state index in [1.54, 1.807) is 11.8 Å². The van der Waals surface area contributed by atoms with Crippen molar-refractivity contribution in [1.29, 1.82) is 0 Å². The van der Waals surface area contributed by atoms with E-state index in [0.717, 1.165) is 21.5 Å². The number of nitrogens with zero attached hydrogens (tertiary/aromatic N) is 2. The number of hydrogen-bond donors (Lipinski definition) is 1. The van der Waals surface area contributed by atoms with Crippen molar-refractivity contribution in [2.75, 3.05) is 6.61 Å². The number of aryl methyl sites for hydroxylation is 1. The molecule has 1 N–H and O–H groups in total. The Hall–Kier alpha value is -1.35. The molecule has 0 atom stereocenters. The number of rotatable bonds is 4. The summed E-state index contributed by atoms with van der Waals surface area (Å²) in [5, 5.41) is 8.65. The van der Waals surface area contributed by atoms with Crippen LogP contribution in [0.5, 0.6) is 0 Å². The first-order valence-corrected chi connectivity index (χ1v) is 7.65. The molecule has 5 heteroatoms. The molecule has 0 saturated heterocycles. The zero-order valence-corrected chi connectivity index (χ0v) is 12.2. The summed E-state index contributed by atoms with van der Waals surface area (Å²) in [5.74, 6) is 7.65. The third kappa shape index (κ3) is 4.67. The highest BCUT2D eigenvalue weighted by Gasteiger charge is 2.01. The van der Waals surface area contributed by atoms with Crippen molar-refractivity contribution in [3.05, 3.63) is 41.2 Å². The lowest BCUT2D eigenvalue weighted by Gasteiger charge is -1.98. The fraction of sp³-hybridized carbons (Fsp3) is 0.286. The second kappa shape index (κ2) is 7.29. The van der Waals surface area contributed by atoms with Crippen LogP contribution in [-0.2, 0) is 5.75 Å². The molecule has 0 aliphatic heterocycles. The molecular weight excluding hydrogens is 276 g/mol. The zero-order chi connectivity index (χ0) is 13.5. The molecule has 0 aliphatic carbocycles. The van der Waals surface area contributed by atoms with Crippen molar-refractivity contribution in [3.8, 4) is 11.8 Å².